The highest BCUT2D eigenvalue weighted by Gasteiger charge is 2.27. The molecule has 2 aromatic carbocycles. The van der Waals surface area contributed by atoms with Crippen molar-refractivity contribution in [3.8, 4) is 11.5 Å². The predicted octanol–water partition coefficient (Wildman–Crippen LogP) is 6.32. The summed E-state index contributed by atoms with van der Waals surface area (Å²) in [5.41, 5.74) is 2.52. The number of hydrogen-bond acceptors (Lipinski definition) is 6. The van der Waals surface area contributed by atoms with Gasteiger partial charge in [-0.05, 0) is 80.6 Å². The maximum absolute atomic E-state index is 13.8. The van der Waals surface area contributed by atoms with Gasteiger partial charge in [0.05, 0.1) is 26.9 Å². The zero-order chi connectivity index (χ0) is 29.4. The van der Waals surface area contributed by atoms with Crippen LogP contribution in [0.2, 0.25) is 5.02 Å². The predicted molar refractivity (Wildman–Crippen MR) is 163 cm³/mol. The monoisotopic (exact) mass is 599 g/mol. The number of methoxy groups -OCH3 is 2. The van der Waals surface area contributed by atoms with Gasteiger partial charge in [-0.3, -0.25) is 4.79 Å². The summed E-state index contributed by atoms with van der Waals surface area (Å²) < 4.78 is 16.6. The van der Waals surface area contributed by atoms with Crippen LogP contribution in [-0.2, 0) is 22.5 Å². The fourth-order valence-corrected chi connectivity index (χ4v) is 5.83. The standard InChI is InChI=1S/C31H38ClN3O5S/c1-21-7-10-24(17-27(21)32)33-31(37)35(18-25-6-5-15-40-25)20-30(36)34(19-26-11-8-22(2)41-26)14-13-23-9-12-28(38-3)29(16-23)39-4/h7-12,16-17,25H,5-6,13-15,18-20H2,1-4H3,(H,33,37). The summed E-state index contributed by atoms with van der Waals surface area (Å²) in [7, 11) is 3.21. The lowest BCUT2D eigenvalue weighted by Gasteiger charge is -2.29. The molecule has 3 amide bonds. The van der Waals surface area contributed by atoms with Crippen molar-refractivity contribution in [2.24, 2.45) is 0 Å². The summed E-state index contributed by atoms with van der Waals surface area (Å²) in [6, 6.07) is 14.9. The summed E-state index contributed by atoms with van der Waals surface area (Å²) in [5, 5.41) is 3.48. The van der Waals surface area contributed by atoms with Crippen molar-refractivity contribution >= 4 is 40.6 Å². The summed E-state index contributed by atoms with van der Waals surface area (Å²) >= 11 is 7.95. The molecule has 1 fully saturated rings. The number of carbonyl (C=O) groups is 2. The molecule has 0 spiro atoms. The number of urea groups is 1. The minimum atomic E-state index is -0.361. The first-order valence-corrected chi connectivity index (χ1v) is 14.9. The average molecular weight is 600 g/mol. The van der Waals surface area contributed by atoms with Crippen molar-refractivity contribution in [1.82, 2.24) is 9.80 Å². The molecule has 41 heavy (non-hydrogen) atoms. The van der Waals surface area contributed by atoms with E-state index in [9.17, 15) is 9.59 Å². The Kier molecular flexibility index (Phi) is 10.9. The number of nitrogens with zero attached hydrogens (tertiary/aromatic N) is 2. The average Bonchev–Trinajstić information content (AvgIpc) is 3.63. The van der Waals surface area contributed by atoms with E-state index in [0.717, 1.165) is 28.8 Å². The van der Waals surface area contributed by atoms with E-state index in [4.69, 9.17) is 25.8 Å². The van der Waals surface area contributed by atoms with Crippen LogP contribution in [0.25, 0.3) is 0 Å². The van der Waals surface area contributed by atoms with Crippen LogP contribution in [0.4, 0.5) is 10.5 Å². The van der Waals surface area contributed by atoms with Crippen LogP contribution < -0.4 is 14.8 Å². The van der Waals surface area contributed by atoms with Crippen molar-refractivity contribution in [1.29, 1.82) is 0 Å². The molecule has 1 atom stereocenters. The highest BCUT2D eigenvalue weighted by Crippen LogP contribution is 2.28. The van der Waals surface area contributed by atoms with Crippen molar-refractivity contribution in [3.05, 3.63) is 74.4 Å². The number of ether oxygens (including phenoxy) is 3. The van der Waals surface area contributed by atoms with Gasteiger partial charge in [0, 0.05) is 40.2 Å². The Morgan fingerprint density at radius 1 is 1.05 bits per heavy atom. The first-order valence-electron chi connectivity index (χ1n) is 13.7. The quantitative estimate of drug-likeness (QED) is 0.263. The number of nitrogens with one attached hydrogen (secondary N) is 1. The Morgan fingerprint density at radius 2 is 1.85 bits per heavy atom. The second-order valence-corrected chi connectivity index (χ2v) is 12.0. The Morgan fingerprint density at radius 3 is 2.51 bits per heavy atom. The van der Waals surface area contributed by atoms with Crippen molar-refractivity contribution in [3.63, 3.8) is 0 Å². The zero-order valence-electron chi connectivity index (χ0n) is 24.1. The molecule has 4 rings (SSSR count). The number of benzene rings is 2. The Hall–Kier alpha value is -3.27. The van der Waals surface area contributed by atoms with Crippen LogP contribution in [0.1, 0.15) is 33.7 Å². The molecule has 3 aromatic rings. The van der Waals surface area contributed by atoms with E-state index in [1.165, 1.54) is 4.88 Å². The molecular weight excluding hydrogens is 562 g/mol. The van der Waals surface area contributed by atoms with Gasteiger partial charge in [0.2, 0.25) is 5.91 Å². The van der Waals surface area contributed by atoms with Gasteiger partial charge >= 0.3 is 6.03 Å². The number of rotatable bonds is 12. The molecule has 0 aliphatic carbocycles. The van der Waals surface area contributed by atoms with Gasteiger partial charge in [0.1, 0.15) is 6.54 Å². The van der Waals surface area contributed by atoms with Crippen molar-refractivity contribution < 1.29 is 23.8 Å². The second-order valence-electron chi connectivity index (χ2n) is 10.2. The summed E-state index contributed by atoms with van der Waals surface area (Å²) in [6.45, 7) is 5.83. The molecule has 1 saturated heterocycles. The van der Waals surface area contributed by atoms with Gasteiger partial charge in [0.25, 0.3) is 0 Å². The molecule has 0 saturated carbocycles. The van der Waals surface area contributed by atoms with Gasteiger partial charge in [-0.15, -0.1) is 11.3 Å². The molecule has 0 bridgehead atoms. The molecule has 10 heteroatoms. The molecule has 1 unspecified atom stereocenters. The number of anilines is 1. The van der Waals surface area contributed by atoms with E-state index in [-0.39, 0.29) is 24.6 Å². The normalized spacial score (nSPS) is 14.5. The first-order chi connectivity index (χ1) is 19.7. The van der Waals surface area contributed by atoms with E-state index >= 15 is 0 Å². The van der Waals surface area contributed by atoms with E-state index in [0.29, 0.717) is 54.9 Å². The highest BCUT2D eigenvalue weighted by atomic mass is 35.5. The number of halogens is 1. The highest BCUT2D eigenvalue weighted by molar-refractivity contribution is 7.11. The summed E-state index contributed by atoms with van der Waals surface area (Å²) in [4.78, 5) is 32.9. The Balaban J connectivity index is 1.51. The van der Waals surface area contributed by atoms with Crippen LogP contribution in [0, 0.1) is 13.8 Å². The molecule has 1 aliphatic rings. The molecule has 1 aromatic heterocycles. The molecule has 2 heterocycles. The van der Waals surface area contributed by atoms with Gasteiger partial charge < -0.3 is 29.3 Å². The van der Waals surface area contributed by atoms with Crippen LogP contribution in [0.3, 0.4) is 0 Å². The smallest absolute Gasteiger partial charge is 0.322 e. The van der Waals surface area contributed by atoms with E-state index in [1.807, 2.05) is 36.1 Å². The molecule has 8 nitrogen and oxygen atoms in total. The molecular formula is C31H38ClN3O5S. The Bertz CT molecular complexity index is 1340. The third-order valence-electron chi connectivity index (χ3n) is 7.10. The van der Waals surface area contributed by atoms with E-state index < -0.39 is 0 Å². The summed E-state index contributed by atoms with van der Waals surface area (Å²) in [5.74, 6) is 1.17. The lowest BCUT2D eigenvalue weighted by Crippen LogP contribution is -2.47. The minimum Gasteiger partial charge on any atom is -0.493 e. The lowest BCUT2D eigenvalue weighted by molar-refractivity contribution is -0.132. The zero-order valence-corrected chi connectivity index (χ0v) is 25.6. The van der Waals surface area contributed by atoms with Gasteiger partial charge in [0.15, 0.2) is 11.5 Å². The SMILES string of the molecule is COc1ccc(CCN(Cc2ccc(C)s2)C(=O)CN(CC2CCCO2)C(=O)Nc2ccc(C)c(Cl)c2)cc1OC. The van der Waals surface area contributed by atoms with Gasteiger partial charge in [-0.25, -0.2) is 4.79 Å². The van der Waals surface area contributed by atoms with Crippen molar-refractivity contribution in [2.45, 2.75) is 45.8 Å². The fraction of sp³-hybridized carbons (Fsp3) is 0.419. The van der Waals surface area contributed by atoms with E-state index in [1.54, 1.807) is 42.6 Å². The van der Waals surface area contributed by atoms with Crippen LogP contribution in [0.15, 0.2) is 48.5 Å². The summed E-state index contributed by atoms with van der Waals surface area (Å²) in [6.07, 6.45) is 2.31. The van der Waals surface area contributed by atoms with Crippen LogP contribution in [-0.4, -0.2) is 68.3 Å². The number of thiophene rings is 1. The molecule has 1 aliphatic heterocycles. The number of carbonyl (C=O) groups excluding carboxylic acids is 2. The van der Waals surface area contributed by atoms with Crippen LogP contribution in [0.5, 0.6) is 11.5 Å². The van der Waals surface area contributed by atoms with Crippen molar-refractivity contribution in [2.75, 3.05) is 45.8 Å². The topological polar surface area (TPSA) is 80.3 Å². The third kappa shape index (κ3) is 8.61. The first kappa shape index (κ1) is 30.7. The second kappa shape index (κ2) is 14.6. The van der Waals surface area contributed by atoms with E-state index in [2.05, 4.69) is 24.4 Å². The number of hydrogen-bond donors (Lipinski definition) is 1. The molecule has 0 radical (unpaired) electrons. The number of aryl methyl sites for hydroxylation is 2. The maximum atomic E-state index is 13.8. The van der Waals surface area contributed by atoms with Gasteiger partial charge in [-0.2, -0.15) is 0 Å². The lowest BCUT2D eigenvalue weighted by atomic mass is 10.1. The largest absolute Gasteiger partial charge is 0.493 e. The molecule has 220 valence electrons. The minimum absolute atomic E-state index is 0.0679. The van der Waals surface area contributed by atoms with Crippen LogP contribution >= 0.6 is 22.9 Å². The fourth-order valence-electron chi connectivity index (χ4n) is 4.74. The number of amides is 3. The maximum Gasteiger partial charge on any atom is 0.322 e. The Labute approximate surface area is 251 Å². The van der Waals surface area contributed by atoms with Gasteiger partial charge in [-0.1, -0.05) is 23.7 Å². The molecule has 1 N–H and O–H groups in total. The third-order valence-corrected chi connectivity index (χ3v) is 8.49.